The van der Waals surface area contributed by atoms with E-state index < -0.39 is 24.1 Å². The first-order valence-electron chi connectivity index (χ1n) is 5.36. The van der Waals surface area contributed by atoms with Crippen molar-refractivity contribution >= 4 is 11.9 Å². The number of hydrogen-bond acceptors (Lipinski definition) is 5. The van der Waals surface area contributed by atoms with E-state index in [9.17, 15) is 9.59 Å². The third kappa shape index (κ3) is 7.19. The minimum absolute atomic E-state index is 0.0986. The number of azide groups is 1. The number of carbonyl (C=O) groups excluding carboxylic acids is 2. The minimum atomic E-state index is -0.729. The SMILES string of the molecule is CCC[C@H](N=[N+]=[N-])[C@@H](COC(C)=O)OC(C)=O. The molecule has 0 aliphatic rings. The monoisotopic (exact) mass is 243 g/mol. The van der Waals surface area contributed by atoms with Gasteiger partial charge in [-0.25, -0.2) is 0 Å². The molecule has 0 heterocycles. The number of ether oxygens (including phenoxy) is 2. The van der Waals surface area contributed by atoms with Crippen molar-refractivity contribution in [1.82, 2.24) is 0 Å². The first-order valence-corrected chi connectivity index (χ1v) is 5.36. The van der Waals surface area contributed by atoms with Crippen molar-refractivity contribution in [3.8, 4) is 0 Å². The van der Waals surface area contributed by atoms with Gasteiger partial charge in [0.25, 0.3) is 0 Å². The molecule has 0 saturated carbocycles. The Hall–Kier alpha value is -1.75. The second-order valence-corrected chi connectivity index (χ2v) is 3.51. The molecule has 0 spiro atoms. The van der Waals surface area contributed by atoms with Gasteiger partial charge in [-0.05, 0) is 12.0 Å². The van der Waals surface area contributed by atoms with Crippen molar-refractivity contribution in [2.75, 3.05) is 6.61 Å². The van der Waals surface area contributed by atoms with Crippen LogP contribution in [0.1, 0.15) is 33.6 Å². The molecule has 7 heteroatoms. The molecular formula is C10H17N3O4. The average Bonchev–Trinajstić information content (AvgIpc) is 2.23. The van der Waals surface area contributed by atoms with E-state index in [0.29, 0.717) is 6.42 Å². The second kappa shape index (κ2) is 8.41. The van der Waals surface area contributed by atoms with Gasteiger partial charge < -0.3 is 9.47 Å². The smallest absolute Gasteiger partial charge is 0.303 e. The van der Waals surface area contributed by atoms with Crippen molar-refractivity contribution in [3.63, 3.8) is 0 Å². The standard InChI is InChI=1S/C10H17N3O4/c1-4-5-9(12-13-11)10(17-8(3)15)6-16-7(2)14/h9-10H,4-6H2,1-3H3/t9-,10+/m0/s1. The normalized spacial score (nSPS) is 13.1. The van der Waals surface area contributed by atoms with Crippen LogP contribution >= 0.6 is 0 Å². The Bertz CT molecular complexity index is 313. The summed E-state index contributed by atoms with van der Waals surface area (Å²) in [5.74, 6) is -0.977. The van der Waals surface area contributed by atoms with Crippen LogP contribution < -0.4 is 0 Å². The molecule has 0 aromatic rings. The summed E-state index contributed by atoms with van der Waals surface area (Å²) in [7, 11) is 0. The summed E-state index contributed by atoms with van der Waals surface area (Å²) in [4.78, 5) is 24.3. The fourth-order valence-corrected chi connectivity index (χ4v) is 1.32. The molecule has 0 rings (SSSR count). The minimum Gasteiger partial charge on any atom is -0.462 e. The van der Waals surface area contributed by atoms with E-state index in [0.717, 1.165) is 6.42 Å². The zero-order valence-electron chi connectivity index (χ0n) is 10.3. The molecule has 0 bridgehead atoms. The fourth-order valence-electron chi connectivity index (χ4n) is 1.32. The Balaban J connectivity index is 4.64. The molecule has 0 aliphatic carbocycles. The van der Waals surface area contributed by atoms with E-state index >= 15 is 0 Å². The summed E-state index contributed by atoms with van der Waals surface area (Å²) in [5, 5.41) is 3.56. The Morgan fingerprint density at radius 1 is 1.35 bits per heavy atom. The molecule has 0 N–H and O–H groups in total. The lowest BCUT2D eigenvalue weighted by atomic mass is 10.1. The third-order valence-corrected chi connectivity index (χ3v) is 1.98. The van der Waals surface area contributed by atoms with E-state index in [4.69, 9.17) is 15.0 Å². The van der Waals surface area contributed by atoms with Crippen molar-refractivity contribution in [1.29, 1.82) is 0 Å². The van der Waals surface area contributed by atoms with Crippen LogP contribution in [0.25, 0.3) is 10.4 Å². The van der Waals surface area contributed by atoms with Crippen LogP contribution in [-0.2, 0) is 19.1 Å². The van der Waals surface area contributed by atoms with E-state index in [1.165, 1.54) is 13.8 Å². The molecule has 0 aliphatic heterocycles. The number of nitrogens with zero attached hydrogens (tertiary/aromatic N) is 3. The largest absolute Gasteiger partial charge is 0.462 e. The summed E-state index contributed by atoms with van der Waals surface area (Å²) in [5.41, 5.74) is 8.43. The number of rotatable bonds is 7. The van der Waals surface area contributed by atoms with Gasteiger partial charge in [-0.15, -0.1) is 0 Å². The molecule has 2 atom stereocenters. The summed E-state index contributed by atoms with van der Waals surface area (Å²) >= 11 is 0. The maximum atomic E-state index is 10.9. The van der Waals surface area contributed by atoms with Gasteiger partial charge in [0, 0.05) is 18.8 Å². The lowest BCUT2D eigenvalue weighted by Crippen LogP contribution is -2.34. The molecule has 17 heavy (non-hydrogen) atoms. The van der Waals surface area contributed by atoms with E-state index in [-0.39, 0.29) is 6.61 Å². The van der Waals surface area contributed by atoms with Gasteiger partial charge in [0.05, 0.1) is 6.04 Å². The topological polar surface area (TPSA) is 101 Å². The first-order chi connectivity index (χ1) is 8.01. The highest BCUT2D eigenvalue weighted by atomic mass is 16.6. The van der Waals surface area contributed by atoms with Gasteiger partial charge in [-0.1, -0.05) is 18.5 Å². The van der Waals surface area contributed by atoms with Crippen LogP contribution in [0.2, 0.25) is 0 Å². The van der Waals surface area contributed by atoms with Gasteiger partial charge in [-0.2, -0.15) is 0 Å². The molecule has 0 amide bonds. The van der Waals surface area contributed by atoms with Gasteiger partial charge in [0.2, 0.25) is 0 Å². The molecule has 0 fully saturated rings. The van der Waals surface area contributed by atoms with Crippen molar-refractivity contribution in [2.45, 2.75) is 45.8 Å². The zero-order chi connectivity index (χ0) is 13.3. The van der Waals surface area contributed by atoms with E-state index in [1.54, 1.807) is 0 Å². The molecule has 0 radical (unpaired) electrons. The molecule has 0 unspecified atom stereocenters. The van der Waals surface area contributed by atoms with Gasteiger partial charge in [-0.3, -0.25) is 9.59 Å². The molecule has 0 saturated heterocycles. The van der Waals surface area contributed by atoms with Crippen molar-refractivity contribution in [3.05, 3.63) is 10.4 Å². The van der Waals surface area contributed by atoms with Crippen LogP contribution in [-0.4, -0.2) is 30.7 Å². The highest BCUT2D eigenvalue weighted by Crippen LogP contribution is 2.12. The van der Waals surface area contributed by atoms with Crippen LogP contribution in [0, 0.1) is 0 Å². The van der Waals surface area contributed by atoms with Crippen LogP contribution in [0.5, 0.6) is 0 Å². The highest BCUT2D eigenvalue weighted by molar-refractivity contribution is 5.67. The predicted octanol–water partition coefficient (Wildman–Crippen LogP) is 1.96. The van der Waals surface area contributed by atoms with Gasteiger partial charge >= 0.3 is 11.9 Å². The number of esters is 2. The summed E-state index contributed by atoms with van der Waals surface area (Å²) < 4.78 is 9.77. The summed E-state index contributed by atoms with van der Waals surface area (Å²) in [6.07, 6.45) is 0.595. The molecular weight excluding hydrogens is 226 g/mol. The molecule has 96 valence electrons. The first kappa shape index (κ1) is 15.2. The highest BCUT2D eigenvalue weighted by Gasteiger charge is 2.24. The van der Waals surface area contributed by atoms with E-state index in [1.807, 2.05) is 6.92 Å². The maximum absolute atomic E-state index is 10.9. The van der Waals surface area contributed by atoms with Crippen LogP contribution in [0.15, 0.2) is 5.11 Å². The summed E-state index contributed by atoms with van der Waals surface area (Å²) in [6.45, 7) is 4.32. The van der Waals surface area contributed by atoms with Gasteiger partial charge in [0.1, 0.15) is 12.7 Å². The Kier molecular flexibility index (Phi) is 7.54. The zero-order valence-corrected chi connectivity index (χ0v) is 10.3. The third-order valence-electron chi connectivity index (χ3n) is 1.98. The van der Waals surface area contributed by atoms with Gasteiger partial charge in [0.15, 0.2) is 0 Å². The fraction of sp³-hybridized carbons (Fsp3) is 0.800. The number of hydrogen-bond donors (Lipinski definition) is 0. The van der Waals surface area contributed by atoms with Crippen molar-refractivity contribution < 1.29 is 19.1 Å². The molecule has 0 aromatic carbocycles. The lowest BCUT2D eigenvalue weighted by molar-refractivity contribution is -0.157. The average molecular weight is 243 g/mol. The van der Waals surface area contributed by atoms with Crippen molar-refractivity contribution in [2.24, 2.45) is 5.11 Å². The number of carbonyl (C=O) groups is 2. The van der Waals surface area contributed by atoms with Crippen LogP contribution in [0.4, 0.5) is 0 Å². The Morgan fingerprint density at radius 2 is 2.00 bits per heavy atom. The maximum Gasteiger partial charge on any atom is 0.303 e. The predicted molar refractivity (Wildman–Crippen MR) is 60.0 cm³/mol. The molecule has 7 nitrogen and oxygen atoms in total. The Labute approximate surface area is 99.7 Å². The second-order valence-electron chi connectivity index (χ2n) is 3.51. The van der Waals surface area contributed by atoms with E-state index in [2.05, 4.69) is 10.0 Å². The Morgan fingerprint density at radius 3 is 2.41 bits per heavy atom. The lowest BCUT2D eigenvalue weighted by Gasteiger charge is -2.22. The summed E-state index contributed by atoms with van der Waals surface area (Å²) in [6, 6.07) is -0.520. The van der Waals surface area contributed by atoms with Crippen LogP contribution in [0.3, 0.4) is 0 Å². The molecule has 0 aromatic heterocycles. The quantitative estimate of drug-likeness (QED) is 0.295.